The molecule has 2 aromatic rings. The molecule has 1 unspecified atom stereocenters. The van der Waals surface area contributed by atoms with Crippen molar-refractivity contribution in [3.63, 3.8) is 0 Å². The van der Waals surface area contributed by atoms with E-state index in [1.54, 1.807) is 29.2 Å². The molecule has 7 heteroatoms. The lowest BCUT2D eigenvalue weighted by Gasteiger charge is -2.12. The molecule has 1 fully saturated rings. The van der Waals surface area contributed by atoms with E-state index in [1.165, 1.54) is 29.7 Å². The lowest BCUT2D eigenvalue weighted by atomic mass is 10.1. The van der Waals surface area contributed by atoms with E-state index in [0.717, 1.165) is 42.9 Å². The number of carbonyl (C=O) groups is 2. The van der Waals surface area contributed by atoms with Gasteiger partial charge in [0.25, 0.3) is 11.8 Å². The van der Waals surface area contributed by atoms with Gasteiger partial charge in [0.05, 0.1) is 16.5 Å². The highest BCUT2D eigenvalue weighted by Gasteiger charge is 2.19. The molecule has 0 saturated carbocycles. The molecule has 2 heterocycles. The molecule has 29 heavy (non-hydrogen) atoms. The monoisotopic (exact) mass is 430 g/mol. The van der Waals surface area contributed by atoms with Gasteiger partial charge in [0, 0.05) is 22.1 Å². The number of aryl methyl sites for hydroxylation is 2. The number of ether oxygens (including phenoxy) is 1. The van der Waals surface area contributed by atoms with Crippen LogP contribution in [-0.4, -0.2) is 30.3 Å². The standard InChI is InChI=1S/C22H26N2O3S2/c25-21(17-9-4-5-11-19(17)28-14-16-8-6-12-27-16)23-24-22(26)20-13-15-7-2-1-3-10-18(15)29-20/h4-5,9,11,13,16H,1-3,6-8,10,12,14H2,(H,23,25)(H,24,26). The van der Waals surface area contributed by atoms with Gasteiger partial charge in [-0.1, -0.05) is 18.6 Å². The van der Waals surface area contributed by atoms with E-state index in [1.807, 2.05) is 24.3 Å². The molecule has 1 aliphatic heterocycles. The number of benzene rings is 1. The van der Waals surface area contributed by atoms with Crippen LogP contribution in [-0.2, 0) is 17.6 Å². The Morgan fingerprint density at radius 3 is 2.76 bits per heavy atom. The molecule has 2 amide bonds. The average Bonchev–Trinajstić information content (AvgIpc) is 3.36. The quantitative estimate of drug-likeness (QED) is 0.420. The summed E-state index contributed by atoms with van der Waals surface area (Å²) in [5.41, 5.74) is 7.03. The fourth-order valence-electron chi connectivity index (χ4n) is 3.76. The van der Waals surface area contributed by atoms with Crippen LogP contribution < -0.4 is 10.9 Å². The molecule has 1 aliphatic carbocycles. The largest absolute Gasteiger partial charge is 0.377 e. The number of thiophene rings is 1. The molecule has 2 N–H and O–H groups in total. The van der Waals surface area contributed by atoms with Crippen molar-refractivity contribution in [2.24, 2.45) is 0 Å². The molecule has 2 aliphatic rings. The van der Waals surface area contributed by atoms with Crippen molar-refractivity contribution < 1.29 is 14.3 Å². The van der Waals surface area contributed by atoms with Crippen molar-refractivity contribution in [2.45, 2.75) is 55.9 Å². The Balaban J connectivity index is 1.35. The van der Waals surface area contributed by atoms with Gasteiger partial charge in [-0.2, -0.15) is 0 Å². The van der Waals surface area contributed by atoms with E-state index in [9.17, 15) is 9.59 Å². The Hall–Kier alpha value is -1.83. The van der Waals surface area contributed by atoms with E-state index in [2.05, 4.69) is 10.9 Å². The van der Waals surface area contributed by atoms with Crippen LogP contribution in [0.5, 0.6) is 0 Å². The third kappa shape index (κ3) is 5.21. The molecule has 1 aromatic heterocycles. The normalized spacial score (nSPS) is 18.7. The van der Waals surface area contributed by atoms with Crippen LogP contribution in [0.3, 0.4) is 0 Å². The van der Waals surface area contributed by atoms with Crippen molar-refractivity contribution in [1.29, 1.82) is 0 Å². The zero-order chi connectivity index (χ0) is 20.1. The Labute approximate surface area is 179 Å². The maximum atomic E-state index is 12.7. The molecule has 0 radical (unpaired) electrons. The number of carbonyl (C=O) groups excluding carboxylic acids is 2. The minimum Gasteiger partial charge on any atom is -0.377 e. The van der Waals surface area contributed by atoms with Crippen molar-refractivity contribution in [1.82, 2.24) is 10.9 Å². The molecule has 5 nitrogen and oxygen atoms in total. The number of thioether (sulfide) groups is 1. The van der Waals surface area contributed by atoms with Crippen LogP contribution in [0, 0.1) is 0 Å². The van der Waals surface area contributed by atoms with Crippen molar-refractivity contribution in [3.05, 3.63) is 51.2 Å². The van der Waals surface area contributed by atoms with Gasteiger partial charge in [0.15, 0.2) is 0 Å². The molecular formula is C22H26N2O3S2. The molecule has 1 saturated heterocycles. The second-order valence-corrected chi connectivity index (χ2v) is 9.67. The van der Waals surface area contributed by atoms with Crippen LogP contribution in [0.25, 0.3) is 0 Å². The first-order valence-electron chi connectivity index (χ1n) is 10.3. The van der Waals surface area contributed by atoms with Crippen molar-refractivity contribution >= 4 is 34.9 Å². The Bertz CT molecular complexity index is 851. The van der Waals surface area contributed by atoms with Gasteiger partial charge in [0.2, 0.25) is 0 Å². The van der Waals surface area contributed by atoms with Crippen molar-refractivity contribution in [2.75, 3.05) is 12.4 Å². The summed E-state index contributed by atoms with van der Waals surface area (Å²) in [4.78, 5) is 28.1. The number of rotatable bonds is 5. The number of hydrazine groups is 1. The summed E-state index contributed by atoms with van der Waals surface area (Å²) in [5, 5.41) is 0. The zero-order valence-corrected chi connectivity index (χ0v) is 18.0. The van der Waals surface area contributed by atoms with Crippen LogP contribution in [0.15, 0.2) is 35.2 Å². The third-order valence-corrected chi connectivity index (χ3v) is 7.78. The fraction of sp³-hybridized carbons (Fsp3) is 0.455. The summed E-state index contributed by atoms with van der Waals surface area (Å²) in [5.74, 6) is 0.282. The number of nitrogens with one attached hydrogen (secondary N) is 2. The van der Waals surface area contributed by atoms with Crippen molar-refractivity contribution in [3.8, 4) is 0 Å². The molecule has 1 atom stereocenters. The van der Waals surface area contributed by atoms with Crippen LogP contribution in [0.4, 0.5) is 0 Å². The van der Waals surface area contributed by atoms with Crippen LogP contribution >= 0.6 is 23.1 Å². The van der Waals surface area contributed by atoms with Gasteiger partial charge >= 0.3 is 0 Å². The summed E-state index contributed by atoms with van der Waals surface area (Å²) in [6, 6.07) is 9.46. The summed E-state index contributed by atoms with van der Waals surface area (Å²) in [7, 11) is 0. The second kappa shape index (κ2) is 9.78. The smallest absolute Gasteiger partial charge is 0.279 e. The topological polar surface area (TPSA) is 67.4 Å². The summed E-state index contributed by atoms with van der Waals surface area (Å²) in [6.45, 7) is 0.825. The van der Waals surface area contributed by atoms with E-state index < -0.39 is 0 Å². The molecular weight excluding hydrogens is 404 g/mol. The highest BCUT2D eigenvalue weighted by molar-refractivity contribution is 7.99. The van der Waals surface area contributed by atoms with Gasteiger partial charge in [-0.15, -0.1) is 23.1 Å². The first kappa shape index (κ1) is 20.4. The number of hydrogen-bond donors (Lipinski definition) is 2. The third-order valence-electron chi connectivity index (χ3n) is 5.34. The maximum absolute atomic E-state index is 12.7. The molecule has 1 aromatic carbocycles. The summed E-state index contributed by atoms with van der Waals surface area (Å²) in [6.07, 6.45) is 8.14. The highest BCUT2D eigenvalue weighted by Crippen LogP contribution is 2.29. The van der Waals surface area contributed by atoms with Gasteiger partial charge < -0.3 is 4.74 Å². The van der Waals surface area contributed by atoms with Gasteiger partial charge in [-0.05, 0) is 62.3 Å². The Morgan fingerprint density at radius 1 is 1.07 bits per heavy atom. The second-order valence-electron chi connectivity index (χ2n) is 7.47. The SMILES string of the molecule is O=C(NNC(=O)c1ccccc1SCC1CCCO1)c1cc2c(s1)CCCCC2. The van der Waals surface area contributed by atoms with Gasteiger partial charge in [0.1, 0.15) is 0 Å². The van der Waals surface area contributed by atoms with E-state index in [-0.39, 0.29) is 17.9 Å². The lowest BCUT2D eigenvalue weighted by molar-refractivity contribution is 0.0847. The molecule has 154 valence electrons. The summed E-state index contributed by atoms with van der Waals surface area (Å²) >= 11 is 3.18. The minimum atomic E-state index is -0.299. The first-order chi connectivity index (χ1) is 14.2. The van der Waals surface area contributed by atoms with Crippen LogP contribution in [0.2, 0.25) is 0 Å². The van der Waals surface area contributed by atoms with E-state index in [0.29, 0.717) is 10.4 Å². The summed E-state index contributed by atoms with van der Waals surface area (Å²) < 4.78 is 5.67. The van der Waals surface area contributed by atoms with E-state index >= 15 is 0 Å². The molecule has 0 spiro atoms. The fourth-order valence-corrected chi connectivity index (χ4v) is 6.03. The first-order valence-corrected chi connectivity index (χ1v) is 12.1. The number of fused-ring (bicyclic) bond motifs is 1. The highest BCUT2D eigenvalue weighted by atomic mass is 32.2. The van der Waals surface area contributed by atoms with Gasteiger partial charge in [-0.3, -0.25) is 20.4 Å². The zero-order valence-electron chi connectivity index (χ0n) is 16.4. The Kier molecular flexibility index (Phi) is 6.90. The predicted molar refractivity (Wildman–Crippen MR) is 117 cm³/mol. The van der Waals surface area contributed by atoms with Crippen LogP contribution in [0.1, 0.15) is 62.6 Å². The van der Waals surface area contributed by atoms with E-state index in [4.69, 9.17) is 4.74 Å². The lowest BCUT2D eigenvalue weighted by Crippen LogP contribution is -2.41. The Morgan fingerprint density at radius 2 is 1.90 bits per heavy atom. The number of amides is 2. The minimum absolute atomic E-state index is 0.249. The predicted octanol–water partition coefficient (Wildman–Crippen LogP) is 4.36. The number of hydrogen-bond acceptors (Lipinski definition) is 5. The molecule has 0 bridgehead atoms. The maximum Gasteiger partial charge on any atom is 0.279 e. The van der Waals surface area contributed by atoms with Gasteiger partial charge in [-0.25, -0.2) is 0 Å². The average molecular weight is 431 g/mol. The molecule has 4 rings (SSSR count).